The molecule has 2 aromatic rings. The minimum absolute atomic E-state index is 0.153. The number of hydrogen-bond donors (Lipinski definition) is 1. The highest BCUT2D eigenvalue weighted by atomic mass is 35.5. The molecule has 1 N–H and O–H groups in total. The molecule has 0 aliphatic carbocycles. The zero-order valence-corrected chi connectivity index (χ0v) is 13.5. The van der Waals surface area contributed by atoms with Crippen LogP contribution in [0, 0.1) is 0 Å². The van der Waals surface area contributed by atoms with Crippen LogP contribution in [0.3, 0.4) is 0 Å². The van der Waals surface area contributed by atoms with Crippen molar-refractivity contribution in [3.05, 3.63) is 68.7 Å². The van der Waals surface area contributed by atoms with Gasteiger partial charge in [-0.25, -0.2) is 0 Å². The van der Waals surface area contributed by atoms with Crippen molar-refractivity contribution in [1.82, 2.24) is 0 Å². The molecule has 0 radical (unpaired) electrons. The van der Waals surface area contributed by atoms with Crippen LogP contribution in [-0.4, -0.2) is 16.9 Å². The molecule has 3 nitrogen and oxygen atoms in total. The third-order valence-electron chi connectivity index (χ3n) is 3.21. The van der Waals surface area contributed by atoms with Crippen LogP contribution in [0.2, 0.25) is 15.1 Å². The van der Waals surface area contributed by atoms with Gasteiger partial charge in [-0.1, -0.05) is 46.9 Å². The molecule has 0 fully saturated rings. The highest BCUT2D eigenvalue weighted by molar-refractivity contribution is 6.42. The fraction of sp³-hybridized carbons (Fsp3) is 0.125. The molecule has 6 heteroatoms. The Bertz CT molecular complexity index is 711. The minimum Gasteiger partial charge on any atom is -0.481 e. The van der Waals surface area contributed by atoms with E-state index in [4.69, 9.17) is 34.8 Å². The molecule has 0 saturated carbocycles. The first-order chi connectivity index (χ1) is 10.4. The zero-order chi connectivity index (χ0) is 16.3. The molecule has 0 amide bonds. The van der Waals surface area contributed by atoms with Crippen molar-refractivity contribution in [1.29, 1.82) is 0 Å². The summed E-state index contributed by atoms with van der Waals surface area (Å²) in [6.07, 6.45) is -0.211. The molecule has 0 heterocycles. The Balaban J connectivity index is 2.30. The summed E-state index contributed by atoms with van der Waals surface area (Å²) in [5, 5.41) is 10.3. The van der Waals surface area contributed by atoms with E-state index in [1.807, 2.05) is 0 Å². The molecular formula is C16H11Cl3O3. The molecule has 0 saturated heterocycles. The molecule has 0 unspecified atom stereocenters. The molecular weight excluding hydrogens is 347 g/mol. The van der Waals surface area contributed by atoms with Crippen molar-refractivity contribution < 1.29 is 14.7 Å². The number of carboxylic acid groups (broad SMARTS) is 1. The highest BCUT2D eigenvalue weighted by Gasteiger charge is 2.26. The van der Waals surface area contributed by atoms with E-state index in [1.165, 1.54) is 0 Å². The lowest BCUT2D eigenvalue weighted by Crippen LogP contribution is -2.17. The van der Waals surface area contributed by atoms with Crippen LogP contribution in [-0.2, 0) is 4.79 Å². The standard InChI is InChI=1S/C16H11Cl3O3/c17-10-6-4-9(5-7-10)14(20)8-12(16(21)22)11-2-1-3-13(18)15(11)19/h1-7,12H,8H2,(H,21,22)/t12-/m0/s1. The Kier molecular flexibility index (Phi) is 5.46. The summed E-state index contributed by atoms with van der Waals surface area (Å²) in [5.41, 5.74) is 0.720. The van der Waals surface area contributed by atoms with Gasteiger partial charge in [0.1, 0.15) is 0 Å². The zero-order valence-electron chi connectivity index (χ0n) is 11.2. The van der Waals surface area contributed by atoms with Gasteiger partial charge in [0, 0.05) is 17.0 Å². The number of carbonyl (C=O) groups is 2. The molecule has 2 rings (SSSR count). The summed E-state index contributed by atoms with van der Waals surface area (Å²) >= 11 is 17.7. The lowest BCUT2D eigenvalue weighted by atomic mass is 9.91. The topological polar surface area (TPSA) is 54.4 Å². The highest BCUT2D eigenvalue weighted by Crippen LogP contribution is 2.33. The summed E-state index contributed by atoms with van der Waals surface area (Å²) < 4.78 is 0. The maximum Gasteiger partial charge on any atom is 0.311 e. The van der Waals surface area contributed by atoms with Crippen molar-refractivity contribution in [2.24, 2.45) is 0 Å². The second-order valence-electron chi connectivity index (χ2n) is 4.67. The van der Waals surface area contributed by atoms with Crippen molar-refractivity contribution in [2.75, 3.05) is 0 Å². The smallest absolute Gasteiger partial charge is 0.311 e. The van der Waals surface area contributed by atoms with Crippen molar-refractivity contribution >= 4 is 46.6 Å². The second kappa shape index (κ2) is 7.14. The van der Waals surface area contributed by atoms with E-state index in [2.05, 4.69) is 0 Å². The first-order valence-electron chi connectivity index (χ1n) is 6.35. The van der Waals surface area contributed by atoms with E-state index in [9.17, 15) is 14.7 Å². The Morgan fingerprint density at radius 2 is 1.64 bits per heavy atom. The predicted octanol–water partition coefficient (Wildman–Crippen LogP) is 5.09. The van der Waals surface area contributed by atoms with Crippen molar-refractivity contribution in [3.8, 4) is 0 Å². The van der Waals surface area contributed by atoms with Crippen LogP contribution in [0.4, 0.5) is 0 Å². The summed E-state index contributed by atoms with van der Waals surface area (Å²) in [6, 6.07) is 11.0. The number of aliphatic carboxylic acids is 1. The normalized spacial score (nSPS) is 12.0. The number of carboxylic acids is 1. The average molecular weight is 358 g/mol. The Morgan fingerprint density at radius 1 is 1.00 bits per heavy atom. The van der Waals surface area contributed by atoms with Gasteiger partial charge in [0.2, 0.25) is 0 Å². The molecule has 114 valence electrons. The number of carbonyl (C=O) groups excluding carboxylic acids is 1. The van der Waals surface area contributed by atoms with E-state index in [-0.39, 0.29) is 22.2 Å². The molecule has 2 aromatic carbocycles. The first-order valence-corrected chi connectivity index (χ1v) is 7.49. The quantitative estimate of drug-likeness (QED) is 0.758. The SMILES string of the molecule is O=C(C[C@H](C(=O)O)c1cccc(Cl)c1Cl)c1ccc(Cl)cc1. The first kappa shape index (κ1) is 16.8. The largest absolute Gasteiger partial charge is 0.481 e. The van der Waals surface area contributed by atoms with Gasteiger partial charge in [0.05, 0.1) is 16.0 Å². The van der Waals surface area contributed by atoms with E-state index < -0.39 is 11.9 Å². The van der Waals surface area contributed by atoms with E-state index in [0.717, 1.165) is 0 Å². The van der Waals surface area contributed by atoms with Gasteiger partial charge in [-0.3, -0.25) is 9.59 Å². The summed E-state index contributed by atoms with van der Waals surface area (Å²) in [5.74, 6) is -2.50. The molecule has 22 heavy (non-hydrogen) atoms. The molecule has 0 aliphatic rings. The van der Waals surface area contributed by atoms with Crippen molar-refractivity contribution in [2.45, 2.75) is 12.3 Å². The van der Waals surface area contributed by atoms with E-state index >= 15 is 0 Å². The maximum absolute atomic E-state index is 12.3. The predicted molar refractivity (Wildman–Crippen MR) is 87.2 cm³/mol. The Labute approximate surface area is 142 Å². The maximum atomic E-state index is 12.3. The van der Waals surface area contributed by atoms with Gasteiger partial charge in [-0.15, -0.1) is 0 Å². The fourth-order valence-corrected chi connectivity index (χ4v) is 2.62. The minimum atomic E-state index is -1.13. The summed E-state index contributed by atoms with van der Waals surface area (Å²) in [4.78, 5) is 23.8. The number of benzene rings is 2. The fourth-order valence-electron chi connectivity index (χ4n) is 2.06. The van der Waals surface area contributed by atoms with Crippen LogP contribution >= 0.6 is 34.8 Å². The molecule has 0 aromatic heterocycles. The van der Waals surface area contributed by atoms with Crippen LogP contribution in [0.1, 0.15) is 28.3 Å². The Hall–Kier alpha value is -1.55. The van der Waals surface area contributed by atoms with Crippen LogP contribution in [0.5, 0.6) is 0 Å². The third-order valence-corrected chi connectivity index (χ3v) is 4.30. The number of rotatable bonds is 5. The number of ketones is 1. The third kappa shape index (κ3) is 3.80. The molecule has 0 spiro atoms. The van der Waals surface area contributed by atoms with Gasteiger partial charge >= 0.3 is 5.97 Å². The number of halogens is 3. The Morgan fingerprint density at radius 3 is 2.23 bits per heavy atom. The monoisotopic (exact) mass is 356 g/mol. The summed E-state index contributed by atoms with van der Waals surface area (Å²) in [6.45, 7) is 0. The molecule has 1 atom stereocenters. The van der Waals surface area contributed by atoms with Crippen molar-refractivity contribution in [3.63, 3.8) is 0 Å². The van der Waals surface area contributed by atoms with Gasteiger partial charge in [0.25, 0.3) is 0 Å². The van der Waals surface area contributed by atoms with E-state index in [0.29, 0.717) is 16.1 Å². The molecule has 0 bridgehead atoms. The van der Waals surface area contributed by atoms with Crippen LogP contribution in [0.15, 0.2) is 42.5 Å². The lowest BCUT2D eigenvalue weighted by Gasteiger charge is -2.14. The van der Waals surface area contributed by atoms with Gasteiger partial charge in [-0.2, -0.15) is 0 Å². The summed E-state index contributed by atoms with van der Waals surface area (Å²) in [7, 11) is 0. The average Bonchev–Trinajstić information content (AvgIpc) is 2.48. The lowest BCUT2D eigenvalue weighted by molar-refractivity contribution is -0.138. The van der Waals surface area contributed by atoms with Gasteiger partial charge < -0.3 is 5.11 Å². The van der Waals surface area contributed by atoms with Crippen LogP contribution < -0.4 is 0 Å². The number of Topliss-reactive ketones (excluding diaryl/α,β-unsaturated/α-hetero) is 1. The van der Waals surface area contributed by atoms with Gasteiger partial charge in [0.15, 0.2) is 5.78 Å². The van der Waals surface area contributed by atoms with Crippen LogP contribution in [0.25, 0.3) is 0 Å². The number of hydrogen-bond acceptors (Lipinski definition) is 2. The van der Waals surface area contributed by atoms with Gasteiger partial charge in [-0.05, 0) is 35.9 Å². The second-order valence-corrected chi connectivity index (χ2v) is 5.89. The molecule has 0 aliphatic heterocycles. The van der Waals surface area contributed by atoms with E-state index in [1.54, 1.807) is 42.5 Å².